The van der Waals surface area contributed by atoms with Crippen molar-refractivity contribution in [3.8, 4) is 0 Å². The predicted molar refractivity (Wildman–Crippen MR) is 51.7 cm³/mol. The maximum absolute atomic E-state index is 11.0. The first-order chi connectivity index (χ1) is 6.61. The van der Waals surface area contributed by atoms with Crippen LogP contribution in [0.3, 0.4) is 0 Å². The highest BCUT2D eigenvalue weighted by molar-refractivity contribution is 6.32. The van der Waals surface area contributed by atoms with Crippen LogP contribution in [-0.4, -0.2) is 5.91 Å². The highest BCUT2D eigenvalue weighted by Crippen LogP contribution is 2.38. The van der Waals surface area contributed by atoms with Crippen LogP contribution in [0, 0.1) is 0 Å². The van der Waals surface area contributed by atoms with Gasteiger partial charge in [0.25, 0.3) is 0 Å². The number of primary amides is 1. The average molecular weight is 213 g/mol. The summed E-state index contributed by atoms with van der Waals surface area (Å²) in [5, 5.41) is 0.370. The van der Waals surface area contributed by atoms with Gasteiger partial charge in [-0.05, 0) is 12.8 Å². The van der Waals surface area contributed by atoms with Crippen molar-refractivity contribution in [2.24, 2.45) is 11.5 Å². The Kier molecular flexibility index (Phi) is 2.00. The average Bonchev–Trinajstić information content (AvgIpc) is 2.55. The smallest absolute Gasteiger partial charge is 0.248 e. The Bertz CT molecular complexity index is 407. The van der Waals surface area contributed by atoms with Gasteiger partial charge in [0.15, 0.2) is 0 Å². The standard InChI is InChI=1S/C9H9ClN2O2/c10-6-3-14-8-4(7(6)11)1-2-5(8)9(12)13/h3H,1-2,11H2,(H2,12,13). The van der Waals surface area contributed by atoms with E-state index in [1.54, 1.807) is 0 Å². The second kappa shape index (κ2) is 3.06. The summed E-state index contributed by atoms with van der Waals surface area (Å²) < 4.78 is 5.21. The molecule has 0 spiro atoms. The van der Waals surface area contributed by atoms with Crippen LogP contribution in [0.2, 0.25) is 0 Å². The van der Waals surface area contributed by atoms with E-state index in [4.69, 9.17) is 27.8 Å². The third-order valence-electron chi connectivity index (χ3n) is 2.33. The third kappa shape index (κ3) is 1.19. The molecule has 14 heavy (non-hydrogen) atoms. The number of carbonyl (C=O) groups excluding carboxylic acids is 1. The van der Waals surface area contributed by atoms with Crippen LogP contribution in [0.4, 0.5) is 0 Å². The monoisotopic (exact) mass is 212 g/mol. The lowest BCUT2D eigenvalue weighted by Gasteiger charge is -2.15. The topological polar surface area (TPSA) is 78.3 Å². The van der Waals surface area contributed by atoms with Crippen LogP contribution in [0.1, 0.15) is 12.8 Å². The van der Waals surface area contributed by atoms with Gasteiger partial charge in [0.1, 0.15) is 12.0 Å². The molecular formula is C9H9ClN2O2. The second-order valence-corrected chi connectivity index (χ2v) is 3.55. The zero-order valence-corrected chi connectivity index (χ0v) is 8.10. The Morgan fingerprint density at radius 3 is 2.86 bits per heavy atom. The summed E-state index contributed by atoms with van der Waals surface area (Å²) in [5.41, 5.74) is 12.7. The molecule has 2 rings (SSSR count). The molecule has 1 amide bonds. The summed E-state index contributed by atoms with van der Waals surface area (Å²) in [6, 6.07) is 0. The van der Waals surface area contributed by atoms with Gasteiger partial charge in [0, 0.05) is 5.57 Å². The first-order valence-corrected chi connectivity index (χ1v) is 4.53. The Hall–Kier alpha value is -1.42. The molecule has 1 aliphatic heterocycles. The van der Waals surface area contributed by atoms with Gasteiger partial charge in [-0.25, -0.2) is 0 Å². The maximum atomic E-state index is 11.0. The molecule has 2 aliphatic rings. The summed E-state index contributed by atoms with van der Waals surface area (Å²) in [4.78, 5) is 11.0. The minimum atomic E-state index is -0.464. The van der Waals surface area contributed by atoms with Crippen molar-refractivity contribution in [1.82, 2.24) is 0 Å². The fraction of sp³-hybridized carbons (Fsp3) is 0.222. The van der Waals surface area contributed by atoms with E-state index in [-0.39, 0.29) is 0 Å². The van der Waals surface area contributed by atoms with Gasteiger partial charge >= 0.3 is 0 Å². The molecule has 0 aromatic carbocycles. The molecule has 1 aliphatic carbocycles. The van der Waals surface area contributed by atoms with Crippen molar-refractivity contribution in [3.63, 3.8) is 0 Å². The molecule has 0 aromatic heterocycles. The minimum Gasteiger partial charge on any atom is -0.462 e. The lowest BCUT2D eigenvalue weighted by molar-refractivity contribution is -0.114. The second-order valence-electron chi connectivity index (χ2n) is 3.15. The summed E-state index contributed by atoms with van der Waals surface area (Å²) in [5.74, 6) is 0.0219. The predicted octanol–water partition coefficient (Wildman–Crippen LogP) is 0.843. The molecule has 5 heteroatoms. The van der Waals surface area contributed by atoms with Crippen LogP contribution in [0.5, 0.6) is 0 Å². The number of rotatable bonds is 1. The zero-order valence-electron chi connectivity index (χ0n) is 7.34. The van der Waals surface area contributed by atoms with Gasteiger partial charge < -0.3 is 16.2 Å². The molecule has 0 fully saturated rings. The number of hydrogen-bond donors (Lipinski definition) is 2. The molecule has 74 valence electrons. The molecule has 1 heterocycles. The maximum Gasteiger partial charge on any atom is 0.248 e. The van der Waals surface area contributed by atoms with Crippen LogP contribution in [-0.2, 0) is 9.53 Å². The van der Waals surface area contributed by atoms with Gasteiger partial charge in [0.05, 0.1) is 16.3 Å². The normalized spacial score (nSPS) is 20.5. The van der Waals surface area contributed by atoms with Crippen molar-refractivity contribution in [2.75, 3.05) is 0 Å². The van der Waals surface area contributed by atoms with Gasteiger partial charge in [-0.1, -0.05) is 11.6 Å². The van der Waals surface area contributed by atoms with Crippen LogP contribution < -0.4 is 11.5 Å². The quantitative estimate of drug-likeness (QED) is 0.676. The van der Waals surface area contributed by atoms with E-state index in [2.05, 4.69) is 0 Å². The van der Waals surface area contributed by atoms with Crippen molar-refractivity contribution < 1.29 is 9.53 Å². The number of hydrogen-bond acceptors (Lipinski definition) is 3. The van der Waals surface area contributed by atoms with E-state index in [1.807, 2.05) is 0 Å². The summed E-state index contributed by atoms with van der Waals surface area (Å²) >= 11 is 5.78. The number of carbonyl (C=O) groups is 1. The van der Waals surface area contributed by atoms with Crippen LogP contribution in [0.15, 0.2) is 33.9 Å². The van der Waals surface area contributed by atoms with E-state index in [1.165, 1.54) is 6.26 Å². The molecule has 0 unspecified atom stereocenters. The van der Waals surface area contributed by atoms with Gasteiger partial charge in [0.2, 0.25) is 5.91 Å². The lowest BCUT2D eigenvalue weighted by Crippen LogP contribution is -2.15. The fourth-order valence-corrected chi connectivity index (χ4v) is 1.77. The zero-order chi connectivity index (χ0) is 10.3. The molecule has 0 atom stereocenters. The van der Waals surface area contributed by atoms with E-state index in [0.29, 0.717) is 34.9 Å². The van der Waals surface area contributed by atoms with Crippen molar-refractivity contribution in [3.05, 3.63) is 33.9 Å². The van der Waals surface area contributed by atoms with Crippen LogP contribution >= 0.6 is 11.6 Å². The van der Waals surface area contributed by atoms with Gasteiger partial charge in [-0.15, -0.1) is 0 Å². The van der Waals surface area contributed by atoms with E-state index in [9.17, 15) is 4.79 Å². The minimum absolute atomic E-state index is 0.370. The lowest BCUT2D eigenvalue weighted by atomic mass is 10.1. The van der Waals surface area contributed by atoms with E-state index < -0.39 is 5.91 Å². The molecule has 0 bridgehead atoms. The van der Waals surface area contributed by atoms with Crippen molar-refractivity contribution in [1.29, 1.82) is 0 Å². The molecule has 0 aromatic rings. The Morgan fingerprint density at radius 2 is 2.21 bits per heavy atom. The Labute approximate surface area is 85.8 Å². The fourth-order valence-electron chi connectivity index (χ4n) is 1.61. The van der Waals surface area contributed by atoms with Gasteiger partial charge in [-0.2, -0.15) is 0 Å². The number of halogens is 1. The van der Waals surface area contributed by atoms with Crippen molar-refractivity contribution >= 4 is 17.5 Å². The molecular weight excluding hydrogens is 204 g/mol. The SMILES string of the molecule is NC(=O)C1=C2OC=C(Cl)C(N)=C2CC1. The number of nitrogens with two attached hydrogens (primary N) is 2. The molecule has 4 N–H and O–H groups in total. The van der Waals surface area contributed by atoms with Crippen LogP contribution in [0.25, 0.3) is 0 Å². The first kappa shape index (κ1) is 9.15. The molecule has 0 saturated heterocycles. The number of fused-ring (bicyclic) bond motifs is 1. The van der Waals surface area contributed by atoms with Gasteiger partial charge in [-0.3, -0.25) is 4.79 Å². The van der Waals surface area contributed by atoms with E-state index >= 15 is 0 Å². The highest BCUT2D eigenvalue weighted by atomic mass is 35.5. The summed E-state index contributed by atoms with van der Waals surface area (Å²) in [6.07, 6.45) is 2.55. The third-order valence-corrected chi connectivity index (χ3v) is 2.63. The highest BCUT2D eigenvalue weighted by Gasteiger charge is 2.29. The number of amides is 1. The molecule has 0 radical (unpaired) electrons. The Balaban J connectivity index is 2.50. The first-order valence-electron chi connectivity index (χ1n) is 4.16. The molecule has 4 nitrogen and oxygen atoms in total. The largest absolute Gasteiger partial charge is 0.462 e. The van der Waals surface area contributed by atoms with Crippen molar-refractivity contribution in [2.45, 2.75) is 12.8 Å². The Morgan fingerprint density at radius 1 is 1.50 bits per heavy atom. The molecule has 0 saturated carbocycles. The van der Waals surface area contributed by atoms with E-state index in [0.717, 1.165) is 5.57 Å². The summed E-state index contributed by atoms with van der Waals surface area (Å²) in [7, 11) is 0. The number of allylic oxidation sites excluding steroid dienone is 2. The number of ether oxygens (including phenoxy) is 1. The summed E-state index contributed by atoms with van der Waals surface area (Å²) in [6.45, 7) is 0.